The zero-order valence-electron chi connectivity index (χ0n) is 14.1. The van der Waals surface area contributed by atoms with Crippen molar-refractivity contribution in [3.8, 4) is 5.75 Å². The Hall–Kier alpha value is -1.55. The monoisotopic (exact) mass is 316 g/mol. The fraction of sp³-hybridized carbons (Fsp3) is 0.632. The molecular formula is C19H28N2O2. The summed E-state index contributed by atoms with van der Waals surface area (Å²) in [6.45, 7) is 2.19. The summed E-state index contributed by atoms with van der Waals surface area (Å²) < 4.78 is 6.04. The van der Waals surface area contributed by atoms with Gasteiger partial charge in [0.15, 0.2) is 0 Å². The van der Waals surface area contributed by atoms with Crippen molar-refractivity contribution in [2.75, 3.05) is 25.5 Å². The van der Waals surface area contributed by atoms with E-state index in [0.717, 1.165) is 50.2 Å². The molecule has 23 heavy (non-hydrogen) atoms. The number of hydrogen-bond donors (Lipinski definition) is 1. The lowest BCUT2D eigenvalue weighted by atomic mass is 9.88. The molecule has 0 spiro atoms. The Morgan fingerprint density at radius 1 is 1.04 bits per heavy atom. The first-order chi connectivity index (χ1) is 11.2. The topological polar surface area (TPSA) is 41.6 Å². The fourth-order valence-corrected chi connectivity index (χ4v) is 3.52. The average Bonchev–Trinajstić information content (AvgIpc) is 2.59. The van der Waals surface area contributed by atoms with E-state index in [1.54, 1.807) is 0 Å². The molecule has 2 aliphatic rings. The maximum Gasteiger partial charge on any atom is 0.227 e. The van der Waals surface area contributed by atoms with Crippen molar-refractivity contribution >= 4 is 11.6 Å². The number of amides is 1. The number of piperidine rings is 1. The van der Waals surface area contributed by atoms with Gasteiger partial charge in [0, 0.05) is 24.7 Å². The van der Waals surface area contributed by atoms with Crippen molar-refractivity contribution in [1.29, 1.82) is 0 Å². The third-order valence-corrected chi connectivity index (χ3v) is 5.07. The number of anilines is 1. The first kappa shape index (κ1) is 16.3. The van der Waals surface area contributed by atoms with Gasteiger partial charge in [-0.2, -0.15) is 0 Å². The smallest absolute Gasteiger partial charge is 0.227 e. The van der Waals surface area contributed by atoms with Crippen LogP contribution in [0, 0.1) is 5.92 Å². The average molecular weight is 316 g/mol. The summed E-state index contributed by atoms with van der Waals surface area (Å²) in [6, 6.07) is 7.83. The number of carbonyl (C=O) groups is 1. The van der Waals surface area contributed by atoms with Crippen molar-refractivity contribution in [2.24, 2.45) is 5.92 Å². The van der Waals surface area contributed by atoms with E-state index in [0.29, 0.717) is 6.10 Å². The van der Waals surface area contributed by atoms with Gasteiger partial charge in [0.25, 0.3) is 0 Å². The number of nitrogens with one attached hydrogen (secondary N) is 1. The highest BCUT2D eigenvalue weighted by Gasteiger charge is 2.21. The second-order valence-corrected chi connectivity index (χ2v) is 6.97. The molecule has 2 fully saturated rings. The molecule has 0 unspecified atom stereocenters. The predicted molar refractivity (Wildman–Crippen MR) is 92.8 cm³/mol. The van der Waals surface area contributed by atoms with E-state index in [2.05, 4.69) is 17.3 Å². The summed E-state index contributed by atoms with van der Waals surface area (Å²) in [7, 11) is 2.15. The second-order valence-electron chi connectivity index (χ2n) is 6.97. The molecule has 1 amide bonds. The third-order valence-electron chi connectivity index (χ3n) is 5.07. The number of ether oxygens (including phenoxy) is 1. The zero-order chi connectivity index (χ0) is 16.1. The van der Waals surface area contributed by atoms with Crippen LogP contribution >= 0.6 is 0 Å². The number of nitrogens with zero attached hydrogens (tertiary/aromatic N) is 1. The maximum absolute atomic E-state index is 12.3. The summed E-state index contributed by atoms with van der Waals surface area (Å²) in [6.07, 6.45) is 8.17. The van der Waals surface area contributed by atoms with E-state index in [1.807, 2.05) is 24.3 Å². The van der Waals surface area contributed by atoms with E-state index in [4.69, 9.17) is 4.74 Å². The molecule has 1 aromatic carbocycles. The van der Waals surface area contributed by atoms with Gasteiger partial charge in [-0.1, -0.05) is 19.3 Å². The number of carbonyl (C=O) groups excluding carboxylic acids is 1. The molecule has 0 aromatic heterocycles. The van der Waals surface area contributed by atoms with Crippen LogP contribution in [-0.2, 0) is 4.79 Å². The van der Waals surface area contributed by atoms with Gasteiger partial charge in [0.2, 0.25) is 5.91 Å². The van der Waals surface area contributed by atoms with Crippen LogP contribution in [0.15, 0.2) is 24.3 Å². The molecular weight excluding hydrogens is 288 g/mol. The standard InChI is InChI=1S/C19H28N2O2/c1-21-13-11-18(12-14-21)23-17-9-7-16(8-10-17)20-19(22)15-5-3-2-4-6-15/h7-10,15,18H,2-6,11-14H2,1H3,(H,20,22). The molecule has 1 aliphatic heterocycles. The van der Waals surface area contributed by atoms with Crippen LogP contribution in [0.5, 0.6) is 5.75 Å². The summed E-state index contributed by atoms with van der Waals surface area (Å²) in [5.41, 5.74) is 0.872. The number of likely N-dealkylation sites (tertiary alicyclic amines) is 1. The molecule has 1 saturated carbocycles. The first-order valence-electron chi connectivity index (χ1n) is 8.97. The molecule has 0 atom stereocenters. The zero-order valence-corrected chi connectivity index (χ0v) is 14.1. The summed E-state index contributed by atoms with van der Waals surface area (Å²) >= 11 is 0. The van der Waals surface area contributed by atoms with Gasteiger partial charge in [-0.3, -0.25) is 4.79 Å². The number of hydrogen-bond acceptors (Lipinski definition) is 3. The normalized spacial score (nSPS) is 21.1. The maximum atomic E-state index is 12.3. The summed E-state index contributed by atoms with van der Waals surface area (Å²) in [5, 5.41) is 3.05. The van der Waals surface area contributed by atoms with Crippen LogP contribution in [0.25, 0.3) is 0 Å². The Kier molecular flexibility index (Phi) is 5.55. The lowest BCUT2D eigenvalue weighted by molar-refractivity contribution is -0.120. The SMILES string of the molecule is CN1CCC(Oc2ccc(NC(=O)C3CCCCC3)cc2)CC1. The van der Waals surface area contributed by atoms with Crippen LogP contribution in [-0.4, -0.2) is 37.0 Å². The van der Waals surface area contributed by atoms with Crippen molar-refractivity contribution in [2.45, 2.75) is 51.0 Å². The molecule has 1 aromatic rings. The molecule has 1 saturated heterocycles. The van der Waals surface area contributed by atoms with Gasteiger partial charge in [0.05, 0.1) is 0 Å². The molecule has 4 heteroatoms. The van der Waals surface area contributed by atoms with Crippen LogP contribution in [0.3, 0.4) is 0 Å². The van der Waals surface area contributed by atoms with Crippen LogP contribution in [0.1, 0.15) is 44.9 Å². The van der Waals surface area contributed by atoms with Crippen LogP contribution in [0.4, 0.5) is 5.69 Å². The number of rotatable bonds is 4. The van der Waals surface area contributed by atoms with E-state index in [9.17, 15) is 4.79 Å². The molecule has 3 rings (SSSR count). The van der Waals surface area contributed by atoms with E-state index in [-0.39, 0.29) is 11.8 Å². The fourth-order valence-electron chi connectivity index (χ4n) is 3.52. The van der Waals surface area contributed by atoms with Gasteiger partial charge in [-0.05, 0) is 57.0 Å². The Morgan fingerprint density at radius 3 is 2.35 bits per heavy atom. The largest absolute Gasteiger partial charge is 0.490 e. The minimum Gasteiger partial charge on any atom is -0.490 e. The second kappa shape index (κ2) is 7.82. The van der Waals surface area contributed by atoms with Crippen LogP contribution in [0.2, 0.25) is 0 Å². The van der Waals surface area contributed by atoms with Crippen molar-refractivity contribution in [1.82, 2.24) is 4.90 Å². The molecule has 1 heterocycles. The van der Waals surface area contributed by atoms with Gasteiger partial charge in [-0.25, -0.2) is 0 Å². The van der Waals surface area contributed by atoms with E-state index >= 15 is 0 Å². The highest BCUT2D eigenvalue weighted by atomic mass is 16.5. The quantitative estimate of drug-likeness (QED) is 0.921. The minimum atomic E-state index is 0.175. The molecule has 1 aliphatic carbocycles. The van der Waals surface area contributed by atoms with Gasteiger partial charge in [-0.15, -0.1) is 0 Å². The molecule has 4 nitrogen and oxygen atoms in total. The first-order valence-corrected chi connectivity index (χ1v) is 8.97. The van der Waals surface area contributed by atoms with Crippen molar-refractivity contribution in [3.05, 3.63) is 24.3 Å². The third kappa shape index (κ3) is 4.71. The molecule has 0 bridgehead atoms. The Labute approximate surface area is 139 Å². The van der Waals surface area contributed by atoms with Gasteiger partial charge >= 0.3 is 0 Å². The van der Waals surface area contributed by atoms with Crippen LogP contribution < -0.4 is 10.1 Å². The highest BCUT2D eigenvalue weighted by molar-refractivity contribution is 5.92. The van der Waals surface area contributed by atoms with E-state index < -0.39 is 0 Å². The Morgan fingerprint density at radius 2 is 1.70 bits per heavy atom. The lowest BCUT2D eigenvalue weighted by Gasteiger charge is -2.29. The predicted octanol–water partition coefficient (Wildman–Crippen LogP) is 3.68. The Balaban J connectivity index is 1.49. The van der Waals surface area contributed by atoms with Crippen molar-refractivity contribution < 1.29 is 9.53 Å². The molecule has 1 N–H and O–H groups in total. The number of benzene rings is 1. The van der Waals surface area contributed by atoms with Gasteiger partial charge in [0.1, 0.15) is 11.9 Å². The van der Waals surface area contributed by atoms with Crippen molar-refractivity contribution in [3.63, 3.8) is 0 Å². The lowest BCUT2D eigenvalue weighted by Crippen LogP contribution is -2.35. The molecule has 0 radical (unpaired) electrons. The van der Waals surface area contributed by atoms with Gasteiger partial charge < -0.3 is 15.0 Å². The molecule has 126 valence electrons. The highest BCUT2D eigenvalue weighted by Crippen LogP contribution is 2.26. The van der Waals surface area contributed by atoms with E-state index in [1.165, 1.54) is 19.3 Å². The Bertz CT molecular complexity index is 501. The minimum absolute atomic E-state index is 0.175. The summed E-state index contributed by atoms with van der Waals surface area (Å²) in [5.74, 6) is 1.27. The summed E-state index contributed by atoms with van der Waals surface area (Å²) in [4.78, 5) is 14.6.